The van der Waals surface area contributed by atoms with Gasteiger partial charge in [0, 0.05) is 12.1 Å². The number of nitrogens with zero attached hydrogens (tertiary/aromatic N) is 1. The minimum atomic E-state index is -3.63. The Morgan fingerprint density at radius 2 is 2.10 bits per heavy atom. The van der Waals surface area contributed by atoms with Crippen LogP contribution in [0.2, 0.25) is 0 Å². The van der Waals surface area contributed by atoms with Gasteiger partial charge >= 0.3 is 0 Å². The second-order valence-electron chi connectivity index (χ2n) is 4.43. The summed E-state index contributed by atoms with van der Waals surface area (Å²) in [4.78, 5) is 0.121. The van der Waals surface area contributed by atoms with Crippen molar-refractivity contribution in [3.8, 4) is 0 Å². The SMILES string of the molecule is Cc1noc(C)c1CNS(=O)(=O)c1cccc(CO)c1. The molecule has 2 N–H and O–H groups in total. The first kappa shape index (κ1) is 14.7. The average molecular weight is 296 g/mol. The quantitative estimate of drug-likeness (QED) is 0.866. The van der Waals surface area contributed by atoms with Crippen LogP contribution in [0.5, 0.6) is 0 Å². The van der Waals surface area contributed by atoms with Crippen molar-refractivity contribution in [1.29, 1.82) is 0 Å². The Hall–Kier alpha value is -1.70. The normalized spacial score (nSPS) is 11.8. The van der Waals surface area contributed by atoms with E-state index in [4.69, 9.17) is 9.63 Å². The number of aryl methyl sites for hydroxylation is 2. The molecule has 0 aliphatic rings. The van der Waals surface area contributed by atoms with Crippen molar-refractivity contribution >= 4 is 10.0 Å². The van der Waals surface area contributed by atoms with Crippen molar-refractivity contribution in [1.82, 2.24) is 9.88 Å². The summed E-state index contributed by atoms with van der Waals surface area (Å²) in [5.41, 5.74) is 1.94. The second-order valence-corrected chi connectivity index (χ2v) is 6.20. The number of hydrogen-bond donors (Lipinski definition) is 2. The zero-order chi connectivity index (χ0) is 14.8. The number of benzene rings is 1. The summed E-state index contributed by atoms with van der Waals surface area (Å²) in [6.45, 7) is 3.41. The maximum absolute atomic E-state index is 12.2. The highest BCUT2D eigenvalue weighted by molar-refractivity contribution is 7.89. The molecule has 0 spiro atoms. The monoisotopic (exact) mass is 296 g/mol. The molecule has 0 bridgehead atoms. The van der Waals surface area contributed by atoms with Crippen molar-refractivity contribution in [2.24, 2.45) is 0 Å². The maximum Gasteiger partial charge on any atom is 0.240 e. The van der Waals surface area contributed by atoms with E-state index in [0.29, 0.717) is 17.0 Å². The lowest BCUT2D eigenvalue weighted by Crippen LogP contribution is -2.23. The Labute approximate surface area is 117 Å². The summed E-state index contributed by atoms with van der Waals surface area (Å²) in [5.74, 6) is 0.592. The van der Waals surface area contributed by atoms with Crippen LogP contribution in [0, 0.1) is 13.8 Å². The third kappa shape index (κ3) is 3.06. The second kappa shape index (κ2) is 5.74. The molecule has 2 rings (SSSR count). The predicted octanol–water partition coefficient (Wildman–Crippen LogP) is 1.26. The highest BCUT2D eigenvalue weighted by atomic mass is 32.2. The van der Waals surface area contributed by atoms with E-state index in [0.717, 1.165) is 5.56 Å². The van der Waals surface area contributed by atoms with E-state index in [2.05, 4.69) is 9.88 Å². The van der Waals surface area contributed by atoms with Gasteiger partial charge in [-0.1, -0.05) is 17.3 Å². The third-order valence-corrected chi connectivity index (χ3v) is 4.41. The molecule has 1 aromatic carbocycles. The summed E-state index contributed by atoms with van der Waals surface area (Å²) >= 11 is 0. The van der Waals surface area contributed by atoms with Gasteiger partial charge in [-0.05, 0) is 31.5 Å². The van der Waals surface area contributed by atoms with E-state index in [9.17, 15) is 8.42 Å². The highest BCUT2D eigenvalue weighted by Crippen LogP contribution is 2.15. The Morgan fingerprint density at radius 3 is 2.70 bits per heavy atom. The van der Waals surface area contributed by atoms with Crippen LogP contribution in [0.3, 0.4) is 0 Å². The molecule has 0 amide bonds. The van der Waals surface area contributed by atoms with Crippen molar-refractivity contribution in [3.63, 3.8) is 0 Å². The van der Waals surface area contributed by atoms with Gasteiger partial charge in [0.05, 0.1) is 17.2 Å². The molecule has 108 valence electrons. The minimum absolute atomic E-state index is 0.118. The molecule has 0 radical (unpaired) electrons. The van der Waals surface area contributed by atoms with Crippen LogP contribution in [0.15, 0.2) is 33.7 Å². The predicted molar refractivity (Wildman–Crippen MR) is 72.4 cm³/mol. The molecule has 0 unspecified atom stereocenters. The van der Waals surface area contributed by atoms with Crippen molar-refractivity contribution in [2.75, 3.05) is 0 Å². The van der Waals surface area contributed by atoms with Crippen LogP contribution in [0.1, 0.15) is 22.6 Å². The van der Waals surface area contributed by atoms with E-state index >= 15 is 0 Å². The van der Waals surface area contributed by atoms with Gasteiger partial charge in [0.1, 0.15) is 5.76 Å². The molecule has 0 atom stereocenters. The molecule has 2 aromatic rings. The Balaban J connectivity index is 2.19. The van der Waals surface area contributed by atoms with Crippen LogP contribution in [-0.2, 0) is 23.2 Å². The molecule has 0 saturated heterocycles. The first-order valence-corrected chi connectivity index (χ1v) is 7.53. The lowest BCUT2D eigenvalue weighted by atomic mass is 10.2. The standard InChI is InChI=1S/C13H16N2O4S/c1-9-13(10(2)19-15-9)7-14-20(17,18)12-5-3-4-11(6-12)8-16/h3-6,14,16H,7-8H2,1-2H3. The van der Waals surface area contributed by atoms with Crippen LogP contribution < -0.4 is 4.72 Å². The Kier molecular flexibility index (Phi) is 4.22. The smallest absolute Gasteiger partial charge is 0.240 e. The van der Waals surface area contributed by atoms with E-state index < -0.39 is 10.0 Å². The number of sulfonamides is 1. The number of aromatic nitrogens is 1. The van der Waals surface area contributed by atoms with Crippen LogP contribution >= 0.6 is 0 Å². The number of aliphatic hydroxyl groups is 1. The Morgan fingerprint density at radius 1 is 1.35 bits per heavy atom. The van der Waals surface area contributed by atoms with Gasteiger partial charge in [-0.15, -0.1) is 0 Å². The van der Waals surface area contributed by atoms with Crippen LogP contribution in [0.4, 0.5) is 0 Å². The third-order valence-electron chi connectivity index (χ3n) is 3.01. The van der Waals surface area contributed by atoms with Gasteiger partial charge in [0.2, 0.25) is 10.0 Å². The summed E-state index contributed by atoms with van der Waals surface area (Å²) in [5, 5.41) is 12.8. The first-order valence-electron chi connectivity index (χ1n) is 6.05. The Bertz CT molecular complexity index is 687. The molecule has 0 saturated carbocycles. The average Bonchev–Trinajstić information content (AvgIpc) is 2.76. The molecule has 1 aromatic heterocycles. The van der Waals surface area contributed by atoms with E-state index in [1.807, 2.05) is 0 Å². The molecule has 1 heterocycles. The summed E-state index contributed by atoms with van der Waals surface area (Å²) in [6, 6.07) is 6.17. The summed E-state index contributed by atoms with van der Waals surface area (Å²) < 4.78 is 31.8. The summed E-state index contributed by atoms with van der Waals surface area (Å²) in [7, 11) is -3.63. The lowest BCUT2D eigenvalue weighted by Gasteiger charge is -2.07. The molecule has 6 nitrogen and oxygen atoms in total. The molecule has 20 heavy (non-hydrogen) atoms. The van der Waals surface area contributed by atoms with Crippen LogP contribution in [-0.4, -0.2) is 18.7 Å². The molecule has 7 heteroatoms. The maximum atomic E-state index is 12.2. The van der Waals surface area contributed by atoms with Crippen molar-refractivity contribution < 1.29 is 18.0 Å². The number of nitrogens with one attached hydrogen (secondary N) is 1. The van der Waals surface area contributed by atoms with E-state index in [1.54, 1.807) is 26.0 Å². The zero-order valence-corrected chi connectivity index (χ0v) is 12.1. The number of rotatable bonds is 5. The number of hydrogen-bond acceptors (Lipinski definition) is 5. The zero-order valence-electron chi connectivity index (χ0n) is 11.3. The molecule has 0 aliphatic carbocycles. The molecule has 0 aliphatic heterocycles. The van der Waals surface area contributed by atoms with Crippen molar-refractivity contribution in [3.05, 3.63) is 46.8 Å². The lowest BCUT2D eigenvalue weighted by molar-refractivity contribution is 0.281. The fourth-order valence-corrected chi connectivity index (χ4v) is 2.88. The van der Waals surface area contributed by atoms with Crippen LogP contribution in [0.25, 0.3) is 0 Å². The van der Waals surface area contributed by atoms with Crippen molar-refractivity contribution in [2.45, 2.75) is 31.9 Å². The van der Waals surface area contributed by atoms with Gasteiger partial charge in [0.25, 0.3) is 0 Å². The highest BCUT2D eigenvalue weighted by Gasteiger charge is 2.17. The molecular weight excluding hydrogens is 280 g/mol. The first-order chi connectivity index (χ1) is 9.44. The fraction of sp³-hybridized carbons (Fsp3) is 0.308. The molecule has 0 fully saturated rings. The fourth-order valence-electron chi connectivity index (χ4n) is 1.82. The number of aliphatic hydroxyl groups excluding tert-OH is 1. The largest absolute Gasteiger partial charge is 0.392 e. The van der Waals surface area contributed by atoms with E-state index in [-0.39, 0.29) is 18.0 Å². The van der Waals surface area contributed by atoms with Gasteiger partial charge < -0.3 is 9.63 Å². The summed E-state index contributed by atoms with van der Waals surface area (Å²) in [6.07, 6.45) is 0. The topological polar surface area (TPSA) is 92.4 Å². The van der Waals surface area contributed by atoms with Gasteiger partial charge in [-0.3, -0.25) is 0 Å². The van der Waals surface area contributed by atoms with Gasteiger partial charge in [-0.2, -0.15) is 0 Å². The minimum Gasteiger partial charge on any atom is -0.392 e. The van der Waals surface area contributed by atoms with Gasteiger partial charge in [-0.25, -0.2) is 13.1 Å². The van der Waals surface area contributed by atoms with E-state index in [1.165, 1.54) is 12.1 Å². The molecular formula is C13H16N2O4S. The van der Waals surface area contributed by atoms with Gasteiger partial charge in [0.15, 0.2) is 0 Å².